The third-order valence-electron chi connectivity index (χ3n) is 3.13. The molecule has 1 rings (SSSR count). The van der Waals surface area contributed by atoms with Crippen LogP contribution in [0.5, 0.6) is 11.5 Å². The Balaban J connectivity index is 2.87. The Morgan fingerprint density at radius 2 is 1.86 bits per heavy atom. The molecular formula is C14H21ClN2O4. The molecule has 0 radical (unpaired) electrons. The second kappa shape index (κ2) is 6.87. The van der Waals surface area contributed by atoms with Gasteiger partial charge in [-0.2, -0.15) is 0 Å². The van der Waals surface area contributed by atoms with Gasteiger partial charge in [0, 0.05) is 6.07 Å². The number of anilines is 1. The second-order valence-electron chi connectivity index (χ2n) is 5.16. The first-order valence-electron chi connectivity index (χ1n) is 6.40. The fourth-order valence-corrected chi connectivity index (χ4v) is 1.73. The number of nitrogens with one attached hydrogen (secondary N) is 2. The third-order valence-corrected chi connectivity index (χ3v) is 3.42. The number of urea groups is 1. The summed E-state index contributed by atoms with van der Waals surface area (Å²) in [6.45, 7) is 4.93. The van der Waals surface area contributed by atoms with Crippen LogP contribution < -0.4 is 20.1 Å². The molecule has 7 heteroatoms. The standard InChI is InChI=1S/C14H21ClN2O4/c1-8(14(2,3)19)16-13(18)17-10-6-9(15)11(20-4)7-12(10)21-5/h6-8,19H,1-5H3,(H2,16,17,18)/t8-/m1/s1. The molecule has 0 aromatic heterocycles. The lowest BCUT2D eigenvalue weighted by atomic mass is 10.0. The maximum atomic E-state index is 11.9. The molecule has 0 fully saturated rings. The molecule has 0 saturated carbocycles. The Labute approximate surface area is 129 Å². The minimum Gasteiger partial charge on any atom is -0.495 e. The fourth-order valence-electron chi connectivity index (χ4n) is 1.49. The first kappa shape index (κ1) is 17.4. The molecule has 0 aliphatic heterocycles. The fraction of sp³-hybridized carbons (Fsp3) is 0.500. The third kappa shape index (κ3) is 4.68. The highest BCUT2D eigenvalue weighted by molar-refractivity contribution is 6.32. The van der Waals surface area contributed by atoms with E-state index in [9.17, 15) is 9.90 Å². The number of hydrogen-bond donors (Lipinski definition) is 3. The van der Waals surface area contributed by atoms with E-state index in [4.69, 9.17) is 21.1 Å². The summed E-state index contributed by atoms with van der Waals surface area (Å²) in [5, 5.41) is 15.4. The smallest absolute Gasteiger partial charge is 0.319 e. The number of carbonyl (C=O) groups is 1. The molecule has 0 spiro atoms. The van der Waals surface area contributed by atoms with Gasteiger partial charge in [0.1, 0.15) is 11.5 Å². The van der Waals surface area contributed by atoms with Crippen molar-refractivity contribution in [2.75, 3.05) is 19.5 Å². The van der Waals surface area contributed by atoms with Gasteiger partial charge in [0.2, 0.25) is 0 Å². The highest BCUT2D eigenvalue weighted by Crippen LogP contribution is 2.35. The number of benzene rings is 1. The molecule has 0 aliphatic rings. The normalized spacial score (nSPS) is 12.5. The predicted octanol–water partition coefficient (Wildman–Crippen LogP) is 2.64. The Kier molecular flexibility index (Phi) is 5.69. The first-order valence-corrected chi connectivity index (χ1v) is 6.78. The van der Waals surface area contributed by atoms with Gasteiger partial charge in [0.15, 0.2) is 0 Å². The van der Waals surface area contributed by atoms with E-state index in [2.05, 4.69) is 10.6 Å². The molecule has 0 unspecified atom stereocenters. The average Bonchev–Trinajstić information content (AvgIpc) is 2.37. The van der Waals surface area contributed by atoms with Gasteiger partial charge in [-0.05, 0) is 26.8 Å². The van der Waals surface area contributed by atoms with Crippen LogP contribution >= 0.6 is 11.6 Å². The quantitative estimate of drug-likeness (QED) is 0.780. The molecule has 1 aromatic rings. The summed E-state index contributed by atoms with van der Waals surface area (Å²) >= 11 is 6.03. The number of carbonyl (C=O) groups excluding carboxylic acids is 1. The lowest BCUT2D eigenvalue weighted by molar-refractivity contribution is 0.0486. The molecular weight excluding hydrogens is 296 g/mol. The van der Waals surface area contributed by atoms with Crippen LogP contribution in [0.4, 0.5) is 10.5 Å². The summed E-state index contributed by atoms with van der Waals surface area (Å²) in [7, 11) is 2.97. The summed E-state index contributed by atoms with van der Waals surface area (Å²) in [4.78, 5) is 11.9. The highest BCUT2D eigenvalue weighted by Gasteiger charge is 2.24. The number of methoxy groups -OCH3 is 2. The summed E-state index contributed by atoms with van der Waals surface area (Å²) < 4.78 is 10.3. The van der Waals surface area contributed by atoms with E-state index in [1.165, 1.54) is 20.3 Å². The van der Waals surface area contributed by atoms with Gasteiger partial charge in [0.05, 0.1) is 36.6 Å². The molecule has 1 atom stereocenters. The van der Waals surface area contributed by atoms with Crippen molar-refractivity contribution in [2.24, 2.45) is 0 Å². The maximum absolute atomic E-state index is 11.9. The molecule has 0 saturated heterocycles. The van der Waals surface area contributed by atoms with Gasteiger partial charge in [-0.1, -0.05) is 11.6 Å². The molecule has 2 amide bonds. The molecule has 0 bridgehead atoms. The van der Waals surface area contributed by atoms with E-state index in [0.29, 0.717) is 22.2 Å². The van der Waals surface area contributed by atoms with E-state index >= 15 is 0 Å². The zero-order chi connectivity index (χ0) is 16.2. The van der Waals surface area contributed by atoms with Crippen LogP contribution in [0.15, 0.2) is 12.1 Å². The van der Waals surface area contributed by atoms with Crippen molar-refractivity contribution in [3.05, 3.63) is 17.2 Å². The van der Waals surface area contributed by atoms with Crippen LogP contribution in [0.25, 0.3) is 0 Å². The van der Waals surface area contributed by atoms with Crippen LogP contribution in [0.1, 0.15) is 20.8 Å². The van der Waals surface area contributed by atoms with Gasteiger partial charge < -0.3 is 25.2 Å². The minimum absolute atomic E-state index is 0.351. The number of amides is 2. The SMILES string of the molecule is COc1cc(OC)c(NC(=O)N[C@H](C)C(C)(C)O)cc1Cl. The maximum Gasteiger partial charge on any atom is 0.319 e. The number of hydrogen-bond acceptors (Lipinski definition) is 4. The predicted molar refractivity (Wildman–Crippen MR) is 82.5 cm³/mol. The average molecular weight is 317 g/mol. The van der Waals surface area contributed by atoms with Crippen molar-refractivity contribution in [1.29, 1.82) is 0 Å². The molecule has 6 nitrogen and oxygen atoms in total. The molecule has 3 N–H and O–H groups in total. The zero-order valence-corrected chi connectivity index (χ0v) is 13.5. The van der Waals surface area contributed by atoms with Crippen molar-refractivity contribution < 1.29 is 19.4 Å². The Hall–Kier alpha value is -1.66. The van der Waals surface area contributed by atoms with Gasteiger partial charge >= 0.3 is 6.03 Å². The second-order valence-corrected chi connectivity index (χ2v) is 5.57. The number of rotatable bonds is 5. The van der Waals surface area contributed by atoms with E-state index < -0.39 is 17.7 Å². The van der Waals surface area contributed by atoms with Crippen molar-refractivity contribution >= 4 is 23.3 Å². The topological polar surface area (TPSA) is 79.8 Å². The summed E-state index contributed by atoms with van der Waals surface area (Å²) in [5.74, 6) is 0.867. The molecule has 1 aromatic carbocycles. The van der Waals surface area contributed by atoms with Crippen molar-refractivity contribution in [2.45, 2.75) is 32.4 Å². The Bertz CT molecular complexity index is 514. The first-order chi connectivity index (χ1) is 9.68. The largest absolute Gasteiger partial charge is 0.495 e. The summed E-state index contributed by atoms with van der Waals surface area (Å²) in [5.41, 5.74) is -0.623. The van der Waals surface area contributed by atoms with Gasteiger partial charge in [-0.3, -0.25) is 0 Å². The Morgan fingerprint density at radius 1 is 1.29 bits per heavy atom. The number of halogens is 1. The Morgan fingerprint density at radius 3 is 2.33 bits per heavy atom. The van der Waals surface area contributed by atoms with E-state index in [-0.39, 0.29) is 0 Å². The lowest BCUT2D eigenvalue weighted by Crippen LogP contribution is -2.48. The van der Waals surface area contributed by atoms with E-state index in [1.54, 1.807) is 26.8 Å². The highest BCUT2D eigenvalue weighted by atomic mass is 35.5. The summed E-state index contributed by atoms with van der Waals surface area (Å²) in [6, 6.07) is 2.21. The number of aliphatic hydroxyl groups is 1. The van der Waals surface area contributed by atoms with Gasteiger partial charge in [-0.15, -0.1) is 0 Å². The van der Waals surface area contributed by atoms with E-state index in [0.717, 1.165) is 0 Å². The van der Waals surface area contributed by atoms with Gasteiger partial charge in [-0.25, -0.2) is 4.79 Å². The lowest BCUT2D eigenvalue weighted by Gasteiger charge is -2.26. The molecule has 21 heavy (non-hydrogen) atoms. The van der Waals surface area contributed by atoms with Crippen molar-refractivity contribution in [1.82, 2.24) is 5.32 Å². The zero-order valence-electron chi connectivity index (χ0n) is 12.8. The molecule has 118 valence electrons. The van der Waals surface area contributed by atoms with Crippen LogP contribution in [0.2, 0.25) is 5.02 Å². The summed E-state index contributed by atoms with van der Waals surface area (Å²) in [6.07, 6.45) is 0. The molecule has 0 heterocycles. The van der Waals surface area contributed by atoms with Gasteiger partial charge in [0.25, 0.3) is 0 Å². The van der Waals surface area contributed by atoms with Crippen LogP contribution in [-0.2, 0) is 0 Å². The monoisotopic (exact) mass is 316 g/mol. The van der Waals surface area contributed by atoms with Crippen LogP contribution in [0.3, 0.4) is 0 Å². The van der Waals surface area contributed by atoms with E-state index in [1.807, 2.05) is 0 Å². The minimum atomic E-state index is -1.03. The van der Waals surface area contributed by atoms with Crippen LogP contribution in [0, 0.1) is 0 Å². The number of ether oxygens (including phenoxy) is 2. The van der Waals surface area contributed by atoms with Crippen molar-refractivity contribution in [3.8, 4) is 11.5 Å². The molecule has 0 aliphatic carbocycles. The van der Waals surface area contributed by atoms with Crippen LogP contribution in [-0.4, -0.2) is 37.0 Å². The van der Waals surface area contributed by atoms with Crippen molar-refractivity contribution in [3.63, 3.8) is 0 Å².